The van der Waals surface area contributed by atoms with Crippen molar-refractivity contribution in [3.8, 4) is 0 Å². The Kier molecular flexibility index (Phi) is 4.09. The van der Waals surface area contributed by atoms with Gasteiger partial charge < -0.3 is 14.2 Å². The third kappa shape index (κ3) is 3.27. The van der Waals surface area contributed by atoms with Crippen LogP contribution < -0.4 is 4.90 Å². The second-order valence-corrected chi connectivity index (χ2v) is 5.52. The second-order valence-electron chi connectivity index (χ2n) is 5.52. The van der Waals surface area contributed by atoms with Crippen molar-refractivity contribution in [3.05, 3.63) is 41.7 Å². The fourth-order valence-corrected chi connectivity index (χ4v) is 2.65. The van der Waals surface area contributed by atoms with Gasteiger partial charge in [-0.1, -0.05) is 0 Å². The molecule has 3 rings (SSSR count). The Morgan fingerprint density at radius 1 is 1.18 bits per heavy atom. The van der Waals surface area contributed by atoms with Gasteiger partial charge in [-0.3, -0.25) is 4.79 Å². The van der Waals surface area contributed by atoms with Crippen LogP contribution in [0.1, 0.15) is 17.3 Å². The molecule has 2 aromatic heterocycles. The smallest absolute Gasteiger partial charge is 0.230 e. The van der Waals surface area contributed by atoms with Gasteiger partial charge in [0.2, 0.25) is 5.91 Å². The number of aromatic nitrogens is 2. The summed E-state index contributed by atoms with van der Waals surface area (Å²) in [5.74, 6) is 3.39. The van der Waals surface area contributed by atoms with E-state index < -0.39 is 0 Å². The summed E-state index contributed by atoms with van der Waals surface area (Å²) in [6, 6.07) is 5.67. The highest BCUT2D eigenvalue weighted by atomic mass is 16.3. The summed E-state index contributed by atoms with van der Waals surface area (Å²) in [4.78, 5) is 24.9. The van der Waals surface area contributed by atoms with Crippen LogP contribution in [0.25, 0.3) is 0 Å². The molecular weight excluding hydrogens is 280 g/mol. The fourth-order valence-electron chi connectivity index (χ4n) is 2.65. The molecule has 1 amide bonds. The fraction of sp³-hybridized carbons (Fsp3) is 0.438. The molecule has 22 heavy (non-hydrogen) atoms. The van der Waals surface area contributed by atoms with Crippen molar-refractivity contribution in [1.29, 1.82) is 0 Å². The second kappa shape index (κ2) is 6.17. The Bertz CT molecular complexity index is 660. The van der Waals surface area contributed by atoms with Gasteiger partial charge in [-0.15, -0.1) is 0 Å². The Labute approximate surface area is 129 Å². The molecule has 1 aliphatic heterocycles. The normalized spacial score (nSPS) is 15.2. The van der Waals surface area contributed by atoms with E-state index in [2.05, 4.69) is 14.9 Å². The van der Waals surface area contributed by atoms with Gasteiger partial charge in [-0.25, -0.2) is 9.97 Å². The van der Waals surface area contributed by atoms with Crippen LogP contribution in [-0.4, -0.2) is 47.0 Å². The van der Waals surface area contributed by atoms with Gasteiger partial charge >= 0.3 is 0 Å². The maximum Gasteiger partial charge on any atom is 0.230 e. The third-order valence-corrected chi connectivity index (χ3v) is 3.84. The number of furan rings is 1. The molecule has 0 aromatic carbocycles. The minimum absolute atomic E-state index is 0.118. The maximum atomic E-state index is 12.3. The van der Waals surface area contributed by atoms with Crippen molar-refractivity contribution in [2.75, 3.05) is 31.1 Å². The molecule has 2 aromatic rings. The van der Waals surface area contributed by atoms with E-state index in [1.165, 1.54) is 0 Å². The van der Waals surface area contributed by atoms with Crippen LogP contribution in [0.5, 0.6) is 0 Å². The number of aryl methyl sites for hydroxylation is 2. The van der Waals surface area contributed by atoms with Crippen molar-refractivity contribution < 1.29 is 9.21 Å². The highest BCUT2D eigenvalue weighted by Crippen LogP contribution is 2.14. The average molecular weight is 300 g/mol. The molecule has 0 bridgehead atoms. The summed E-state index contributed by atoms with van der Waals surface area (Å²) in [5, 5.41) is 0. The van der Waals surface area contributed by atoms with E-state index >= 15 is 0 Å². The van der Waals surface area contributed by atoms with Gasteiger partial charge in [0.1, 0.15) is 23.2 Å². The van der Waals surface area contributed by atoms with Crippen molar-refractivity contribution in [3.63, 3.8) is 0 Å². The van der Waals surface area contributed by atoms with Crippen LogP contribution >= 0.6 is 0 Å². The first kappa shape index (κ1) is 14.6. The van der Waals surface area contributed by atoms with E-state index in [1.54, 1.807) is 6.20 Å². The molecule has 0 saturated carbocycles. The van der Waals surface area contributed by atoms with E-state index in [-0.39, 0.29) is 5.91 Å². The van der Waals surface area contributed by atoms with Crippen LogP contribution in [0.2, 0.25) is 0 Å². The van der Waals surface area contributed by atoms with E-state index in [1.807, 2.05) is 36.9 Å². The number of amides is 1. The minimum atomic E-state index is 0.118. The molecule has 6 nitrogen and oxygen atoms in total. The third-order valence-electron chi connectivity index (χ3n) is 3.84. The molecule has 0 aliphatic carbocycles. The molecule has 0 spiro atoms. The number of nitrogens with zero attached hydrogens (tertiary/aromatic N) is 4. The summed E-state index contributed by atoms with van der Waals surface area (Å²) in [6.07, 6.45) is 2.11. The predicted molar refractivity (Wildman–Crippen MR) is 82.7 cm³/mol. The van der Waals surface area contributed by atoms with Gasteiger partial charge in [0.05, 0.1) is 6.42 Å². The van der Waals surface area contributed by atoms with Crippen molar-refractivity contribution in [2.45, 2.75) is 20.3 Å². The van der Waals surface area contributed by atoms with Gasteiger partial charge in [0, 0.05) is 32.4 Å². The first-order valence-corrected chi connectivity index (χ1v) is 7.49. The maximum absolute atomic E-state index is 12.3. The zero-order valence-corrected chi connectivity index (χ0v) is 13.0. The standard InChI is InChI=1S/C16H20N4O2/c1-12-3-4-14(22-12)11-16(21)20-9-7-19(8-10-20)15-5-6-17-13(2)18-15/h3-6H,7-11H2,1-2H3. The first-order valence-electron chi connectivity index (χ1n) is 7.49. The molecule has 1 aliphatic rings. The summed E-state index contributed by atoms with van der Waals surface area (Å²) in [7, 11) is 0. The quantitative estimate of drug-likeness (QED) is 0.861. The van der Waals surface area contributed by atoms with Gasteiger partial charge in [0.15, 0.2) is 0 Å². The number of rotatable bonds is 3. The lowest BCUT2D eigenvalue weighted by Gasteiger charge is -2.35. The monoisotopic (exact) mass is 300 g/mol. The first-order chi connectivity index (χ1) is 10.6. The molecule has 6 heteroatoms. The summed E-state index contributed by atoms with van der Waals surface area (Å²) >= 11 is 0. The number of anilines is 1. The lowest BCUT2D eigenvalue weighted by Crippen LogP contribution is -2.49. The largest absolute Gasteiger partial charge is 0.466 e. The highest BCUT2D eigenvalue weighted by Gasteiger charge is 2.22. The molecule has 0 radical (unpaired) electrons. The molecule has 1 fully saturated rings. The van der Waals surface area contributed by atoms with Crippen LogP contribution in [-0.2, 0) is 11.2 Å². The topological polar surface area (TPSA) is 62.5 Å². The number of piperazine rings is 1. The van der Waals surface area contributed by atoms with E-state index in [0.29, 0.717) is 19.5 Å². The molecule has 0 atom stereocenters. The highest BCUT2D eigenvalue weighted by molar-refractivity contribution is 5.78. The van der Waals surface area contributed by atoms with Crippen LogP contribution in [0, 0.1) is 13.8 Å². The number of hydrogen-bond acceptors (Lipinski definition) is 5. The van der Waals surface area contributed by atoms with Crippen LogP contribution in [0.3, 0.4) is 0 Å². The van der Waals surface area contributed by atoms with E-state index in [0.717, 1.165) is 36.3 Å². The molecule has 1 saturated heterocycles. The van der Waals surface area contributed by atoms with Gasteiger partial charge in [-0.2, -0.15) is 0 Å². The number of carbonyl (C=O) groups is 1. The zero-order valence-electron chi connectivity index (χ0n) is 13.0. The lowest BCUT2D eigenvalue weighted by atomic mass is 10.2. The van der Waals surface area contributed by atoms with Gasteiger partial charge in [-0.05, 0) is 32.0 Å². The lowest BCUT2D eigenvalue weighted by molar-refractivity contribution is -0.131. The Hall–Kier alpha value is -2.37. The molecule has 0 N–H and O–H groups in total. The van der Waals surface area contributed by atoms with Crippen LogP contribution in [0.4, 0.5) is 5.82 Å². The van der Waals surface area contributed by atoms with Crippen LogP contribution in [0.15, 0.2) is 28.8 Å². The van der Waals surface area contributed by atoms with Crippen molar-refractivity contribution >= 4 is 11.7 Å². The molecule has 3 heterocycles. The minimum Gasteiger partial charge on any atom is -0.466 e. The van der Waals surface area contributed by atoms with E-state index in [4.69, 9.17) is 4.42 Å². The van der Waals surface area contributed by atoms with E-state index in [9.17, 15) is 4.79 Å². The van der Waals surface area contributed by atoms with Gasteiger partial charge in [0.25, 0.3) is 0 Å². The zero-order chi connectivity index (χ0) is 15.5. The average Bonchev–Trinajstić information content (AvgIpc) is 2.92. The van der Waals surface area contributed by atoms with Crippen molar-refractivity contribution in [2.24, 2.45) is 0 Å². The predicted octanol–water partition coefficient (Wildman–Crippen LogP) is 1.58. The molecule has 0 unspecified atom stereocenters. The SMILES string of the molecule is Cc1nccc(N2CCN(C(=O)Cc3ccc(C)o3)CC2)n1. The number of hydrogen-bond donors (Lipinski definition) is 0. The Balaban J connectivity index is 1.56. The summed E-state index contributed by atoms with van der Waals surface area (Å²) in [5.41, 5.74) is 0. The molecular formula is C16H20N4O2. The Morgan fingerprint density at radius 2 is 1.95 bits per heavy atom. The molecule has 116 valence electrons. The number of carbonyl (C=O) groups excluding carboxylic acids is 1. The van der Waals surface area contributed by atoms with Crippen molar-refractivity contribution in [1.82, 2.24) is 14.9 Å². The Morgan fingerprint density at radius 3 is 2.59 bits per heavy atom. The summed E-state index contributed by atoms with van der Waals surface area (Å²) < 4.78 is 5.47. The summed E-state index contributed by atoms with van der Waals surface area (Å²) in [6.45, 7) is 6.77.